The van der Waals surface area contributed by atoms with Crippen molar-refractivity contribution in [2.24, 2.45) is 5.92 Å². The van der Waals surface area contributed by atoms with Crippen LogP contribution < -0.4 is 5.32 Å². The summed E-state index contributed by atoms with van der Waals surface area (Å²) in [5, 5.41) is 2.57. The number of fused-ring (bicyclic) bond motifs is 1. The first-order valence-electron chi connectivity index (χ1n) is 8.58. The topological polar surface area (TPSA) is 58.6 Å². The molecule has 0 radical (unpaired) electrons. The van der Waals surface area contributed by atoms with Crippen LogP contribution in [0.15, 0.2) is 18.2 Å². The molecule has 3 rings (SSSR count). The van der Waals surface area contributed by atoms with Gasteiger partial charge in [0.1, 0.15) is 6.04 Å². The van der Waals surface area contributed by atoms with Crippen LogP contribution in [0.3, 0.4) is 0 Å². The largest absolute Gasteiger partial charge is 0.468 e. The summed E-state index contributed by atoms with van der Waals surface area (Å²) in [5.74, 6) is -2.26. The second-order valence-electron chi connectivity index (χ2n) is 6.74. The molecule has 7 heteroatoms. The van der Waals surface area contributed by atoms with Crippen molar-refractivity contribution in [3.8, 4) is 0 Å². The van der Waals surface area contributed by atoms with Gasteiger partial charge in [-0.3, -0.25) is 14.5 Å². The zero-order valence-electron chi connectivity index (χ0n) is 14.1. The number of esters is 1. The fourth-order valence-electron chi connectivity index (χ4n) is 4.09. The molecule has 1 aliphatic carbocycles. The van der Waals surface area contributed by atoms with Crippen LogP contribution in [-0.4, -0.2) is 42.5 Å². The third-order valence-corrected chi connectivity index (χ3v) is 5.22. The minimum atomic E-state index is -1.02. The molecule has 25 heavy (non-hydrogen) atoms. The molecule has 0 spiro atoms. The molecular formula is C18H22F2N2O3. The molecule has 136 valence electrons. The maximum atomic E-state index is 13.3. The van der Waals surface area contributed by atoms with Crippen LogP contribution >= 0.6 is 0 Å². The lowest BCUT2D eigenvalue weighted by atomic mass is 9.85. The van der Waals surface area contributed by atoms with Gasteiger partial charge in [0.2, 0.25) is 5.91 Å². The number of nitrogens with zero attached hydrogens (tertiary/aromatic N) is 1. The fraction of sp³-hybridized carbons (Fsp3) is 0.556. The predicted octanol–water partition coefficient (Wildman–Crippen LogP) is 2.71. The van der Waals surface area contributed by atoms with Crippen molar-refractivity contribution in [3.63, 3.8) is 0 Å². The quantitative estimate of drug-likeness (QED) is 0.847. The van der Waals surface area contributed by atoms with E-state index in [-0.39, 0.29) is 30.2 Å². The first-order valence-corrected chi connectivity index (χ1v) is 8.58. The molecule has 1 heterocycles. The summed E-state index contributed by atoms with van der Waals surface area (Å²) in [6, 6.07) is 2.98. The van der Waals surface area contributed by atoms with Crippen molar-refractivity contribution in [1.29, 1.82) is 0 Å². The molecule has 1 amide bonds. The average Bonchev–Trinajstić information content (AvgIpc) is 2.96. The summed E-state index contributed by atoms with van der Waals surface area (Å²) in [6.07, 6.45) is 4.94. The number of ether oxygens (including phenoxy) is 1. The standard InChI is InChI=1S/C18H22F2N2O3/c1-25-18(24)16-8-11-4-2-3-5-15(11)22(16)10-17(23)21-12-6-7-13(19)14(20)9-12/h6-7,9,11,15-16H,2-5,8,10H2,1H3,(H,21,23). The number of benzene rings is 1. The highest BCUT2D eigenvalue weighted by Crippen LogP contribution is 2.39. The lowest BCUT2D eigenvalue weighted by Gasteiger charge is -2.32. The Hall–Kier alpha value is -2.02. The SMILES string of the molecule is COC(=O)C1CC2CCCCC2N1CC(=O)Nc1ccc(F)c(F)c1. The summed E-state index contributed by atoms with van der Waals surface area (Å²) < 4.78 is 31.1. The third-order valence-electron chi connectivity index (χ3n) is 5.22. The number of hydrogen-bond acceptors (Lipinski definition) is 4. The van der Waals surface area contributed by atoms with E-state index in [0.717, 1.165) is 37.8 Å². The van der Waals surface area contributed by atoms with Crippen LogP contribution in [0.2, 0.25) is 0 Å². The van der Waals surface area contributed by atoms with E-state index in [2.05, 4.69) is 5.32 Å². The summed E-state index contributed by atoms with van der Waals surface area (Å²) in [5.41, 5.74) is 0.193. The smallest absolute Gasteiger partial charge is 0.323 e. The van der Waals surface area contributed by atoms with Gasteiger partial charge in [0.15, 0.2) is 11.6 Å². The van der Waals surface area contributed by atoms with Crippen LogP contribution in [0, 0.1) is 17.6 Å². The van der Waals surface area contributed by atoms with Crippen molar-refractivity contribution in [2.45, 2.75) is 44.2 Å². The van der Waals surface area contributed by atoms with Crippen LogP contribution in [0.4, 0.5) is 14.5 Å². The van der Waals surface area contributed by atoms with E-state index in [4.69, 9.17) is 4.74 Å². The van der Waals surface area contributed by atoms with E-state index < -0.39 is 17.7 Å². The van der Waals surface area contributed by atoms with E-state index in [9.17, 15) is 18.4 Å². The number of carbonyl (C=O) groups is 2. The van der Waals surface area contributed by atoms with Crippen LogP contribution in [0.1, 0.15) is 32.1 Å². The molecule has 1 saturated heterocycles. The molecule has 1 aromatic rings. The van der Waals surface area contributed by atoms with Gasteiger partial charge in [-0.15, -0.1) is 0 Å². The van der Waals surface area contributed by atoms with Gasteiger partial charge >= 0.3 is 5.97 Å². The van der Waals surface area contributed by atoms with E-state index in [1.165, 1.54) is 13.2 Å². The number of methoxy groups -OCH3 is 1. The highest BCUT2D eigenvalue weighted by molar-refractivity contribution is 5.92. The molecule has 1 N–H and O–H groups in total. The van der Waals surface area contributed by atoms with Gasteiger partial charge in [0, 0.05) is 17.8 Å². The number of likely N-dealkylation sites (tertiary alicyclic amines) is 1. The molecule has 1 aromatic carbocycles. The van der Waals surface area contributed by atoms with Gasteiger partial charge < -0.3 is 10.1 Å². The van der Waals surface area contributed by atoms with Gasteiger partial charge in [0.05, 0.1) is 13.7 Å². The molecule has 1 saturated carbocycles. The fourth-order valence-corrected chi connectivity index (χ4v) is 4.09. The Morgan fingerprint density at radius 1 is 1.24 bits per heavy atom. The Morgan fingerprint density at radius 3 is 2.72 bits per heavy atom. The van der Waals surface area contributed by atoms with E-state index in [1.54, 1.807) is 0 Å². The Bertz CT molecular complexity index is 668. The van der Waals surface area contributed by atoms with Crippen molar-refractivity contribution >= 4 is 17.6 Å². The number of hydrogen-bond donors (Lipinski definition) is 1. The lowest BCUT2D eigenvalue weighted by molar-refractivity contribution is -0.146. The van der Waals surface area contributed by atoms with Crippen molar-refractivity contribution in [1.82, 2.24) is 4.90 Å². The molecule has 3 atom stereocenters. The summed E-state index contributed by atoms with van der Waals surface area (Å²) >= 11 is 0. The Labute approximate surface area is 145 Å². The van der Waals surface area contributed by atoms with Gasteiger partial charge in [-0.2, -0.15) is 0 Å². The maximum absolute atomic E-state index is 13.3. The molecular weight excluding hydrogens is 330 g/mol. The average molecular weight is 352 g/mol. The molecule has 5 nitrogen and oxygen atoms in total. The zero-order valence-corrected chi connectivity index (χ0v) is 14.1. The second kappa shape index (κ2) is 7.47. The van der Waals surface area contributed by atoms with Crippen molar-refractivity contribution < 1.29 is 23.1 Å². The van der Waals surface area contributed by atoms with Crippen LogP contribution in [-0.2, 0) is 14.3 Å². The molecule has 2 aliphatic rings. The summed E-state index contributed by atoms with van der Waals surface area (Å²) in [6.45, 7) is 0.0277. The predicted molar refractivity (Wildman–Crippen MR) is 87.9 cm³/mol. The second-order valence-corrected chi connectivity index (χ2v) is 6.74. The molecule has 0 bridgehead atoms. The highest BCUT2D eigenvalue weighted by atomic mass is 19.2. The van der Waals surface area contributed by atoms with Gasteiger partial charge in [-0.1, -0.05) is 12.8 Å². The normalized spacial score (nSPS) is 26.1. The van der Waals surface area contributed by atoms with E-state index >= 15 is 0 Å². The van der Waals surface area contributed by atoms with E-state index in [0.29, 0.717) is 12.3 Å². The minimum Gasteiger partial charge on any atom is -0.468 e. The summed E-state index contributed by atoms with van der Waals surface area (Å²) in [4.78, 5) is 26.4. The van der Waals surface area contributed by atoms with Gasteiger partial charge in [-0.25, -0.2) is 8.78 Å². The van der Waals surface area contributed by atoms with Crippen molar-refractivity contribution in [3.05, 3.63) is 29.8 Å². The first kappa shape index (κ1) is 17.8. The highest BCUT2D eigenvalue weighted by Gasteiger charge is 2.46. The van der Waals surface area contributed by atoms with Gasteiger partial charge in [-0.05, 0) is 37.3 Å². The Balaban J connectivity index is 1.70. The van der Waals surface area contributed by atoms with Gasteiger partial charge in [0.25, 0.3) is 0 Å². The number of halogens is 2. The molecule has 0 aromatic heterocycles. The number of rotatable bonds is 4. The molecule has 3 unspecified atom stereocenters. The lowest BCUT2D eigenvalue weighted by Crippen LogP contribution is -2.46. The monoisotopic (exact) mass is 352 g/mol. The van der Waals surface area contributed by atoms with E-state index in [1.807, 2.05) is 4.90 Å². The Morgan fingerprint density at radius 2 is 2.00 bits per heavy atom. The Kier molecular flexibility index (Phi) is 5.32. The summed E-state index contributed by atoms with van der Waals surface area (Å²) in [7, 11) is 1.35. The number of amides is 1. The zero-order chi connectivity index (χ0) is 18.0. The minimum absolute atomic E-state index is 0.0277. The first-order chi connectivity index (χ1) is 12.0. The van der Waals surface area contributed by atoms with Crippen LogP contribution in [0.5, 0.6) is 0 Å². The molecule has 2 fully saturated rings. The molecule has 1 aliphatic heterocycles. The number of anilines is 1. The van der Waals surface area contributed by atoms with Crippen LogP contribution in [0.25, 0.3) is 0 Å². The van der Waals surface area contributed by atoms with Crippen molar-refractivity contribution in [2.75, 3.05) is 19.0 Å². The maximum Gasteiger partial charge on any atom is 0.323 e. The number of carbonyl (C=O) groups excluding carboxylic acids is 2. The third kappa shape index (κ3) is 3.81. The number of nitrogens with one attached hydrogen (secondary N) is 1.